The van der Waals surface area contributed by atoms with E-state index in [9.17, 15) is 27.2 Å². The molecule has 2 N–H and O–H groups in total. The molecular formula is C7H10F4N2O2. The predicted octanol–water partition coefficient (Wildman–Crippen LogP) is 0.139. The first-order valence-corrected chi connectivity index (χ1v) is 3.97. The van der Waals surface area contributed by atoms with E-state index in [1.54, 1.807) is 5.32 Å². The average Bonchev–Trinajstić information content (AvgIpc) is 2.11. The molecule has 0 aromatic carbocycles. The Hall–Kier alpha value is -1.34. The van der Waals surface area contributed by atoms with Crippen LogP contribution < -0.4 is 10.6 Å². The van der Waals surface area contributed by atoms with E-state index in [0.717, 1.165) is 0 Å². The first kappa shape index (κ1) is 13.7. The zero-order valence-electron chi connectivity index (χ0n) is 7.82. The van der Waals surface area contributed by atoms with Gasteiger partial charge in [0.1, 0.15) is 0 Å². The highest BCUT2D eigenvalue weighted by Gasteiger charge is 2.48. The topological polar surface area (TPSA) is 58.2 Å². The summed E-state index contributed by atoms with van der Waals surface area (Å²) in [4.78, 5) is 20.8. The van der Waals surface area contributed by atoms with Gasteiger partial charge in [-0.15, -0.1) is 0 Å². The molecule has 0 aliphatic rings. The van der Waals surface area contributed by atoms with Gasteiger partial charge in [0, 0.05) is 20.0 Å². The summed E-state index contributed by atoms with van der Waals surface area (Å²) in [6.07, 6.45) is -4.04. The number of rotatable bonds is 5. The zero-order chi connectivity index (χ0) is 12.1. The van der Waals surface area contributed by atoms with Crippen molar-refractivity contribution in [3.63, 3.8) is 0 Å². The fourth-order valence-electron chi connectivity index (χ4n) is 0.632. The summed E-state index contributed by atoms with van der Waals surface area (Å²) in [6, 6.07) is 0. The molecular weight excluding hydrogens is 220 g/mol. The third-order valence-electron chi connectivity index (χ3n) is 1.36. The van der Waals surface area contributed by atoms with Crippen molar-refractivity contribution >= 4 is 11.8 Å². The average molecular weight is 230 g/mol. The van der Waals surface area contributed by atoms with Gasteiger partial charge in [0.05, 0.1) is 0 Å². The quantitative estimate of drug-likeness (QED) is 0.521. The van der Waals surface area contributed by atoms with Crippen LogP contribution in [0.3, 0.4) is 0 Å². The van der Waals surface area contributed by atoms with Gasteiger partial charge in [-0.25, -0.2) is 8.78 Å². The Labute approximate surface area is 83.0 Å². The molecule has 0 rings (SSSR count). The van der Waals surface area contributed by atoms with Crippen molar-refractivity contribution in [2.45, 2.75) is 19.3 Å². The van der Waals surface area contributed by atoms with Gasteiger partial charge in [-0.05, 0) is 0 Å². The lowest BCUT2D eigenvalue weighted by Crippen LogP contribution is -2.47. The van der Waals surface area contributed by atoms with Crippen LogP contribution in [-0.2, 0) is 9.59 Å². The minimum Gasteiger partial charge on any atom is -0.355 e. The van der Waals surface area contributed by atoms with Crippen molar-refractivity contribution in [2.24, 2.45) is 0 Å². The third-order valence-corrected chi connectivity index (χ3v) is 1.36. The van der Waals surface area contributed by atoms with Crippen LogP contribution in [0.15, 0.2) is 0 Å². The normalized spacial score (nSPS) is 11.3. The molecule has 0 aliphatic carbocycles. The van der Waals surface area contributed by atoms with E-state index in [2.05, 4.69) is 5.32 Å². The fourth-order valence-corrected chi connectivity index (χ4v) is 0.632. The number of carbonyl (C=O) groups is 2. The number of hydrogen-bond acceptors (Lipinski definition) is 2. The van der Waals surface area contributed by atoms with E-state index in [-0.39, 0.29) is 13.1 Å². The molecule has 15 heavy (non-hydrogen) atoms. The van der Waals surface area contributed by atoms with Crippen molar-refractivity contribution in [1.29, 1.82) is 0 Å². The lowest BCUT2D eigenvalue weighted by Gasteiger charge is -2.14. The van der Waals surface area contributed by atoms with Crippen LogP contribution in [0.5, 0.6) is 0 Å². The molecule has 0 fully saturated rings. The highest BCUT2D eigenvalue weighted by atomic mass is 19.3. The maximum absolute atomic E-state index is 12.3. The molecule has 8 heteroatoms. The molecule has 0 radical (unpaired) electrons. The Morgan fingerprint density at radius 2 is 1.67 bits per heavy atom. The Morgan fingerprint density at radius 3 is 2.07 bits per heavy atom. The van der Waals surface area contributed by atoms with Gasteiger partial charge in [0.25, 0.3) is 5.91 Å². The van der Waals surface area contributed by atoms with Crippen LogP contribution in [0.1, 0.15) is 6.92 Å². The standard InChI is InChI=1S/C7H10F4N2O2/c1-4(14)12-2-3-13-6(15)7(10,11)5(8)9/h5H,2-3H2,1H3,(H,12,14)(H,13,15). The van der Waals surface area contributed by atoms with Crippen molar-refractivity contribution in [1.82, 2.24) is 10.6 Å². The van der Waals surface area contributed by atoms with Crippen LogP contribution in [0.4, 0.5) is 17.6 Å². The Kier molecular flexibility index (Phi) is 5.03. The minimum atomic E-state index is -4.70. The van der Waals surface area contributed by atoms with Gasteiger partial charge in [-0.2, -0.15) is 8.78 Å². The number of carbonyl (C=O) groups excluding carboxylic acids is 2. The lowest BCUT2D eigenvalue weighted by atomic mass is 10.3. The molecule has 0 saturated heterocycles. The van der Waals surface area contributed by atoms with E-state index < -0.39 is 24.2 Å². The second kappa shape index (κ2) is 5.52. The maximum atomic E-state index is 12.3. The van der Waals surface area contributed by atoms with Crippen LogP contribution in [0.2, 0.25) is 0 Å². The van der Waals surface area contributed by atoms with Gasteiger partial charge in [0.2, 0.25) is 5.91 Å². The van der Waals surface area contributed by atoms with Crippen LogP contribution >= 0.6 is 0 Å². The van der Waals surface area contributed by atoms with Crippen LogP contribution in [0.25, 0.3) is 0 Å². The van der Waals surface area contributed by atoms with Gasteiger partial charge in [-0.3, -0.25) is 9.59 Å². The van der Waals surface area contributed by atoms with Crippen molar-refractivity contribution in [2.75, 3.05) is 13.1 Å². The number of hydrogen-bond donors (Lipinski definition) is 2. The van der Waals surface area contributed by atoms with E-state index in [0.29, 0.717) is 0 Å². The summed E-state index contributed by atoms with van der Waals surface area (Å²) in [7, 11) is 0. The summed E-state index contributed by atoms with van der Waals surface area (Å²) in [5, 5.41) is 3.77. The monoisotopic (exact) mass is 230 g/mol. The summed E-state index contributed by atoms with van der Waals surface area (Å²) in [5.41, 5.74) is 0. The summed E-state index contributed by atoms with van der Waals surface area (Å²) < 4.78 is 47.8. The Bertz CT molecular complexity index is 245. The van der Waals surface area contributed by atoms with Crippen LogP contribution in [-0.4, -0.2) is 37.3 Å². The van der Waals surface area contributed by atoms with Gasteiger partial charge < -0.3 is 10.6 Å². The molecule has 0 heterocycles. The number of nitrogens with one attached hydrogen (secondary N) is 2. The van der Waals surface area contributed by atoms with Crippen LogP contribution in [0, 0.1) is 0 Å². The van der Waals surface area contributed by atoms with E-state index in [1.165, 1.54) is 6.92 Å². The zero-order valence-corrected chi connectivity index (χ0v) is 7.82. The van der Waals surface area contributed by atoms with Crippen molar-refractivity contribution < 1.29 is 27.2 Å². The van der Waals surface area contributed by atoms with E-state index in [1.807, 2.05) is 0 Å². The molecule has 4 nitrogen and oxygen atoms in total. The van der Waals surface area contributed by atoms with Gasteiger partial charge >= 0.3 is 12.3 Å². The Morgan fingerprint density at radius 1 is 1.20 bits per heavy atom. The lowest BCUT2D eigenvalue weighted by molar-refractivity contribution is -0.169. The molecule has 0 aromatic rings. The highest BCUT2D eigenvalue weighted by molar-refractivity contribution is 5.83. The molecule has 0 spiro atoms. The number of halogens is 4. The maximum Gasteiger partial charge on any atom is 0.383 e. The third kappa shape index (κ3) is 4.61. The molecule has 0 unspecified atom stereocenters. The SMILES string of the molecule is CC(=O)NCCNC(=O)C(F)(F)C(F)F. The first-order chi connectivity index (χ1) is 6.78. The second-order valence-corrected chi connectivity index (χ2v) is 2.66. The molecule has 0 saturated carbocycles. The molecule has 0 aromatic heterocycles. The van der Waals surface area contributed by atoms with Gasteiger partial charge in [-0.1, -0.05) is 0 Å². The molecule has 0 aliphatic heterocycles. The fraction of sp³-hybridized carbons (Fsp3) is 0.714. The molecule has 88 valence electrons. The molecule has 2 amide bonds. The minimum absolute atomic E-state index is 0.0968. The molecule has 0 bridgehead atoms. The summed E-state index contributed by atoms with van der Waals surface area (Å²) >= 11 is 0. The highest BCUT2D eigenvalue weighted by Crippen LogP contribution is 2.22. The largest absolute Gasteiger partial charge is 0.383 e. The predicted molar refractivity (Wildman–Crippen MR) is 42.6 cm³/mol. The number of amides is 2. The van der Waals surface area contributed by atoms with Crippen molar-refractivity contribution in [3.05, 3.63) is 0 Å². The first-order valence-electron chi connectivity index (χ1n) is 3.97. The van der Waals surface area contributed by atoms with E-state index >= 15 is 0 Å². The summed E-state index contributed by atoms with van der Waals surface area (Å²) in [5.74, 6) is -7.16. The van der Waals surface area contributed by atoms with Gasteiger partial charge in [0.15, 0.2) is 0 Å². The smallest absolute Gasteiger partial charge is 0.355 e. The summed E-state index contributed by atoms with van der Waals surface area (Å²) in [6.45, 7) is 0.761. The van der Waals surface area contributed by atoms with E-state index in [4.69, 9.17) is 0 Å². The Balaban J connectivity index is 3.89. The van der Waals surface area contributed by atoms with Crippen molar-refractivity contribution in [3.8, 4) is 0 Å². The molecule has 0 atom stereocenters. The number of alkyl halides is 4. The second-order valence-electron chi connectivity index (χ2n) is 2.66.